The number of nitrogens with zero attached hydrogens (tertiary/aromatic N) is 4. The van der Waals surface area contributed by atoms with E-state index in [0.29, 0.717) is 18.7 Å². The Labute approximate surface area is 137 Å². The van der Waals surface area contributed by atoms with Gasteiger partial charge in [0.05, 0.1) is 6.54 Å². The van der Waals surface area contributed by atoms with Crippen molar-refractivity contribution < 1.29 is 27.5 Å². The standard InChI is InChI=1S/C14H19F3N4O3/c1-19-7-5-18-11(19)8-20(2)12(22)10-4-3-6-21(10)13(23)24-9-14(15,16)17/h5,7,10H,3-4,6,8-9H2,1-2H3. The van der Waals surface area contributed by atoms with Crippen LogP contribution in [0.2, 0.25) is 0 Å². The highest BCUT2D eigenvalue weighted by Crippen LogP contribution is 2.22. The number of imidazole rings is 1. The van der Waals surface area contributed by atoms with Gasteiger partial charge in [0.1, 0.15) is 11.9 Å². The summed E-state index contributed by atoms with van der Waals surface area (Å²) in [5.41, 5.74) is 0. The van der Waals surface area contributed by atoms with Gasteiger partial charge in [0, 0.05) is 33.0 Å². The Kier molecular flexibility index (Phi) is 5.35. The van der Waals surface area contributed by atoms with Gasteiger partial charge in [-0.2, -0.15) is 13.2 Å². The second-order valence-corrected chi connectivity index (χ2v) is 5.67. The molecule has 134 valence electrons. The Bertz CT molecular complexity index is 602. The lowest BCUT2D eigenvalue weighted by molar-refractivity contribution is -0.163. The number of aromatic nitrogens is 2. The third-order valence-corrected chi connectivity index (χ3v) is 3.81. The molecule has 0 radical (unpaired) electrons. The maximum atomic E-state index is 12.5. The van der Waals surface area contributed by atoms with Crippen molar-refractivity contribution in [3.63, 3.8) is 0 Å². The van der Waals surface area contributed by atoms with Crippen LogP contribution in [-0.4, -0.2) is 63.8 Å². The second kappa shape index (κ2) is 7.10. The van der Waals surface area contributed by atoms with Crippen LogP contribution in [0.3, 0.4) is 0 Å². The molecule has 0 N–H and O–H groups in total. The van der Waals surface area contributed by atoms with Crippen LogP contribution in [0.5, 0.6) is 0 Å². The van der Waals surface area contributed by atoms with Crippen LogP contribution in [0, 0.1) is 0 Å². The van der Waals surface area contributed by atoms with Crippen molar-refractivity contribution in [2.45, 2.75) is 31.6 Å². The highest BCUT2D eigenvalue weighted by atomic mass is 19.4. The van der Waals surface area contributed by atoms with Crippen LogP contribution in [0.15, 0.2) is 12.4 Å². The Morgan fingerprint density at radius 3 is 2.75 bits per heavy atom. The molecule has 24 heavy (non-hydrogen) atoms. The molecule has 2 rings (SSSR count). The van der Waals surface area contributed by atoms with Crippen molar-refractivity contribution in [2.75, 3.05) is 20.2 Å². The van der Waals surface area contributed by atoms with Gasteiger partial charge in [0.2, 0.25) is 5.91 Å². The maximum Gasteiger partial charge on any atom is 0.422 e. The summed E-state index contributed by atoms with van der Waals surface area (Å²) in [7, 11) is 3.35. The highest BCUT2D eigenvalue weighted by Gasteiger charge is 2.38. The SMILES string of the molecule is CN(Cc1nccn1C)C(=O)C1CCCN1C(=O)OCC(F)(F)F. The van der Waals surface area contributed by atoms with E-state index in [1.165, 1.54) is 4.90 Å². The minimum Gasteiger partial charge on any atom is -0.440 e. The molecule has 1 aromatic heterocycles. The molecule has 2 amide bonds. The fourth-order valence-electron chi connectivity index (χ4n) is 2.56. The molecule has 0 spiro atoms. The number of rotatable bonds is 4. The molecule has 0 bridgehead atoms. The fourth-order valence-corrected chi connectivity index (χ4v) is 2.56. The molecule has 10 heteroatoms. The number of likely N-dealkylation sites (N-methyl/N-ethyl adjacent to an activating group) is 1. The zero-order chi connectivity index (χ0) is 17.9. The van der Waals surface area contributed by atoms with Gasteiger partial charge in [0.15, 0.2) is 6.61 Å². The third kappa shape index (κ3) is 4.39. The monoisotopic (exact) mass is 348 g/mol. The van der Waals surface area contributed by atoms with Crippen molar-refractivity contribution in [2.24, 2.45) is 7.05 Å². The molecule has 0 aliphatic carbocycles. The molecule has 1 unspecified atom stereocenters. The van der Waals surface area contributed by atoms with Gasteiger partial charge in [-0.25, -0.2) is 9.78 Å². The summed E-state index contributed by atoms with van der Waals surface area (Å²) < 4.78 is 42.5. The Morgan fingerprint density at radius 1 is 1.46 bits per heavy atom. The average molecular weight is 348 g/mol. The molecule has 1 aliphatic heterocycles. The van der Waals surface area contributed by atoms with Gasteiger partial charge in [-0.1, -0.05) is 0 Å². The summed E-state index contributed by atoms with van der Waals surface area (Å²) in [5.74, 6) is 0.314. The summed E-state index contributed by atoms with van der Waals surface area (Å²) in [6.07, 6.45) is -1.44. The maximum absolute atomic E-state index is 12.5. The van der Waals surface area contributed by atoms with Crippen LogP contribution in [0.25, 0.3) is 0 Å². The fraction of sp³-hybridized carbons (Fsp3) is 0.643. The number of alkyl halides is 3. The van der Waals surface area contributed by atoms with Crippen LogP contribution in [-0.2, 0) is 23.1 Å². The number of carbonyl (C=O) groups excluding carboxylic acids is 2. The number of carbonyl (C=O) groups is 2. The van der Waals surface area contributed by atoms with Crippen LogP contribution in [0.4, 0.5) is 18.0 Å². The molecule has 1 aromatic rings. The predicted molar refractivity (Wildman–Crippen MR) is 76.8 cm³/mol. The van der Waals surface area contributed by atoms with Crippen molar-refractivity contribution in [1.82, 2.24) is 19.4 Å². The van der Waals surface area contributed by atoms with Crippen molar-refractivity contribution in [1.29, 1.82) is 0 Å². The lowest BCUT2D eigenvalue weighted by Gasteiger charge is -2.27. The Morgan fingerprint density at radius 2 is 2.17 bits per heavy atom. The molecule has 2 heterocycles. The first kappa shape index (κ1) is 18.1. The summed E-state index contributed by atoms with van der Waals surface area (Å²) in [4.78, 5) is 30.9. The minimum atomic E-state index is -4.59. The summed E-state index contributed by atoms with van der Waals surface area (Å²) in [6, 6.07) is -0.809. The van der Waals surface area contributed by atoms with E-state index in [0.717, 1.165) is 4.90 Å². The molecular weight excluding hydrogens is 329 g/mol. The van der Waals surface area contributed by atoms with E-state index < -0.39 is 24.9 Å². The van der Waals surface area contributed by atoms with Gasteiger partial charge < -0.3 is 14.2 Å². The summed E-state index contributed by atoms with van der Waals surface area (Å²) in [5, 5.41) is 0. The first-order valence-corrected chi connectivity index (χ1v) is 7.40. The summed E-state index contributed by atoms with van der Waals surface area (Å²) >= 11 is 0. The van der Waals surface area contributed by atoms with E-state index in [1.54, 1.807) is 31.1 Å². The van der Waals surface area contributed by atoms with Gasteiger partial charge in [0.25, 0.3) is 0 Å². The number of halogens is 3. The lowest BCUT2D eigenvalue weighted by atomic mass is 10.2. The summed E-state index contributed by atoms with van der Waals surface area (Å²) in [6.45, 7) is -1.22. The normalized spacial score (nSPS) is 17.9. The van der Waals surface area contributed by atoms with E-state index >= 15 is 0 Å². The van der Waals surface area contributed by atoms with E-state index in [1.807, 2.05) is 0 Å². The molecule has 1 fully saturated rings. The Balaban J connectivity index is 1.97. The van der Waals surface area contributed by atoms with Gasteiger partial charge in [-0.3, -0.25) is 9.69 Å². The number of aryl methyl sites for hydroxylation is 1. The zero-order valence-electron chi connectivity index (χ0n) is 13.4. The van der Waals surface area contributed by atoms with Crippen molar-refractivity contribution >= 4 is 12.0 Å². The topological polar surface area (TPSA) is 67.7 Å². The highest BCUT2D eigenvalue weighted by molar-refractivity contribution is 5.86. The molecule has 1 saturated heterocycles. The molecule has 0 saturated carbocycles. The molecule has 0 aromatic carbocycles. The van der Waals surface area contributed by atoms with Crippen LogP contribution < -0.4 is 0 Å². The first-order chi connectivity index (χ1) is 11.2. The molecule has 1 atom stereocenters. The van der Waals surface area contributed by atoms with Crippen molar-refractivity contribution in [3.05, 3.63) is 18.2 Å². The smallest absolute Gasteiger partial charge is 0.422 e. The average Bonchev–Trinajstić information content (AvgIpc) is 3.13. The number of hydrogen-bond acceptors (Lipinski definition) is 4. The van der Waals surface area contributed by atoms with Crippen LogP contribution in [0.1, 0.15) is 18.7 Å². The zero-order valence-corrected chi connectivity index (χ0v) is 13.4. The second-order valence-electron chi connectivity index (χ2n) is 5.67. The molecular formula is C14H19F3N4O3. The number of amides is 2. The number of hydrogen-bond donors (Lipinski definition) is 0. The van der Waals surface area contributed by atoms with E-state index in [4.69, 9.17) is 0 Å². The predicted octanol–water partition coefficient (Wildman–Crippen LogP) is 1.54. The quantitative estimate of drug-likeness (QED) is 0.828. The molecule has 1 aliphatic rings. The Hall–Kier alpha value is -2.26. The van der Waals surface area contributed by atoms with Gasteiger partial charge in [-0.05, 0) is 12.8 Å². The van der Waals surface area contributed by atoms with Gasteiger partial charge >= 0.3 is 12.3 Å². The number of ether oxygens (including phenoxy) is 1. The lowest BCUT2D eigenvalue weighted by Crippen LogP contribution is -2.47. The van der Waals surface area contributed by atoms with Crippen molar-refractivity contribution in [3.8, 4) is 0 Å². The first-order valence-electron chi connectivity index (χ1n) is 7.40. The third-order valence-electron chi connectivity index (χ3n) is 3.81. The van der Waals surface area contributed by atoms with Gasteiger partial charge in [-0.15, -0.1) is 0 Å². The van der Waals surface area contributed by atoms with E-state index in [9.17, 15) is 22.8 Å². The molecule has 7 nitrogen and oxygen atoms in total. The van der Waals surface area contributed by atoms with E-state index in [-0.39, 0.29) is 19.0 Å². The van der Waals surface area contributed by atoms with E-state index in [2.05, 4.69) is 9.72 Å². The minimum absolute atomic E-state index is 0.198. The van der Waals surface area contributed by atoms with Crippen LogP contribution >= 0.6 is 0 Å². The largest absolute Gasteiger partial charge is 0.440 e. The number of likely N-dealkylation sites (tertiary alicyclic amines) is 1.